The molecule has 1 aromatic carbocycles. The number of nitrogens with one attached hydrogen (secondary N) is 1. The molecule has 0 aromatic heterocycles. The normalized spacial score (nSPS) is 27.7. The topological polar surface area (TPSA) is 58.3 Å². The van der Waals surface area contributed by atoms with Gasteiger partial charge in [0.2, 0.25) is 0 Å². The van der Waals surface area contributed by atoms with Gasteiger partial charge in [-0.25, -0.2) is 0 Å². The zero-order valence-corrected chi connectivity index (χ0v) is 9.88. The zero-order valence-electron chi connectivity index (χ0n) is 9.88. The van der Waals surface area contributed by atoms with E-state index in [2.05, 4.69) is 5.32 Å². The number of nitrogen functional groups attached to an aromatic ring is 1. The van der Waals surface area contributed by atoms with E-state index in [0.717, 1.165) is 6.07 Å². The van der Waals surface area contributed by atoms with Crippen molar-refractivity contribution in [1.82, 2.24) is 0 Å². The summed E-state index contributed by atoms with van der Waals surface area (Å²) in [5, 5.41) is 12.3. The predicted molar refractivity (Wildman–Crippen MR) is 63.1 cm³/mol. The minimum Gasteiger partial charge on any atom is -0.397 e. The Morgan fingerprint density at radius 3 is 2.50 bits per heavy atom. The third-order valence-electron chi connectivity index (χ3n) is 3.12. The summed E-state index contributed by atoms with van der Waals surface area (Å²) < 4.78 is 38.4. The number of para-hydroxylation sites is 1. The van der Waals surface area contributed by atoms with Crippen LogP contribution in [0, 0.1) is 0 Å². The largest absolute Gasteiger partial charge is 0.418 e. The molecule has 0 atom stereocenters. The molecule has 2 rings (SSSR count). The lowest BCUT2D eigenvalue weighted by Gasteiger charge is -2.42. The van der Waals surface area contributed by atoms with Gasteiger partial charge in [0.25, 0.3) is 0 Å². The molecule has 0 aliphatic heterocycles. The number of hydrogen-bond donors (Lipinski definition) is 3. The fourth-order valence-corrected chi connectivity index (χ4v) is 2.28. The Labute approximate surface area is 103 Å². The molecule has 1 fully saturated rings. The maximum Gasteiger partial charge on any atom is 0.418 e. The number of halogens is 3. The molecule has 3 nitrogen and oxygen atoms in total. The van der Waals surface area contributed by atoms with Gasteiger partial charge in [-0.2, -0.15) is 13.2 Å². The monoisotopic (exact) mass is 260 g/mol. The molecule has 0 unspecified atom stereocenters. The SMILES string of the molecule is CC1(O)CC(Nc2c(N)cccc2C(F)(F)F)C1. The highest BCUT2D eigenvalue weighted by Crippen LogP contribution is 2.41. The van der Waals surface area contributed by atoms with Gasteiger partial charge in [0.15, 0.2) is 0 Å². The lowest BCUT2D eigenvalue weighted by molar-refractivity contribution is -0.137. The Morgan fingerprint density at radius 1 is 1.39 bits per heavy atom. The van der Waals surface area contributed by atoms with Gasteiger partial charge in [0.1, 0.15) is 0 Å². The van der Waals surface area contributed by atoms with Gasteiger partial charge in [-0.1, -0.05) is 6.07 Å². The van der Waals surface area contributed by atoms with Crippen LogP contribution in [0.1, 0.15) is 25.3 Å². The van der Waals surface area contributed by atoms with Crippen molar-refractivity contribution < 1.29 is 18.3 Å². The Bertz CT molecular complexity index is 449. The van der Waals surface area contributed by atoms with Crippen LogP contribution in [0.5, 0.6) is 0 Å². The number of anilines is 2. The average molecular weight is 260 g/mol. The van der Waals surface area contributed by atoms with Crippen LogP contribution in [0.3, 0.4) is 0 Å². The van der Waals surface area contributed by atoms with E-state index < -0.39 is 17.3 Å². The van der Waals surface area contributed by atoms with Crippen LogP contribution >= 0.6 is 0 Å². The average Bonchev–Trinajstić information content (AvgIpc) is 2.16. The molecule has 1 aromatic rings. The maximum atomic E-state index is 12.8. The van der Waals surface area contributed by atoms with Crippen LogP contribution in [-0.4, -0.2) is 16.7 Å². The van der Waals surface area contributed by atoms with Gasteiger partial charge < -0.3 is 16.2 Å². The molecular weight excluding hydrogens is 245 g/mol. The Balaban J connectivity index is 2.22. The predicted octanol–water partition coefficient (Wildman–Crippen LogP) is 2.61. The van der Waals surface area contributed by atoms with Gasteiger partial charge in [-0.3, -0.25) is 0 Å². The molecule has 0 bridgehead atoms. The van der Waals surface area contributed by atoms with Crippen molar-refractivity contribution in [1.29, 1.82) is 0 Å². The second-order valence-electron chi connectivity index (χ2n) is 5.01. The highest BCUT2D eigenvalue weighted by Gasteiger charge is 2.40. The van der Waals surface area contributed by atoms with Crippen molar-refractivity contribution in [2.24, 2.45) is 0 Å². The first-order chi connectivity index (χ1) is 8.19. The molecule has 18 heavy (non-hydrogen) atoms. The molecule has 0 saturated heterocycles. The van der Waals surface area contributed by atoms with Crippen LogP contribution in [-0.2, 0) is 6.18 Å². The molecule has 0 amide bonds. The van der Waals surface area contributed by atoms with Crippen molar-refractivity contribution in [3.05, 3.63) is 23.8 Å². The maximum absolute atomic E-state index is 12.8. The van der Waals surface area contributed by atoms with Crippen LogP contribution in [0.2, 0.25) is 0 Å². The summed E-state index contributed by atoms with van der Waals surface area (Å²) in [6.45, 7) is 1.66. The van der Waals surface area contributed by atoms with Crippen LogP contribution in [0.4, 0.5) is 24.5 Å². The van der Waals surface area contributed by atoms with E-state index in [1.54, 1.807) is 6.92 Å². The van der Waals surface area contributed by atoms with Gasteiger partial charge >= 0.3 is 6.18 Å². The van der Waals surface area contributed by atoms with Crippen LogP contribution < -0.4 is 11.1 Å². The van der Waals surface area contributed by atoms with Crippen molar-refractivity contribution in [2.75, 3.05) is 11.1 Å². The molecular formula is C12H15F3N2O. The second-order valence-corrected chi connectivity index (χ2v) is 5.01. The third kappa shape index (κ3) is 2.53. The van der Waals surface area contributed by atoms with Crippen molar-refractivity contribution >= 4 is 11.4 Å². The fraction of sp³-hybridized carbons (Fsp3) is 0.500. The van der Waals surface area contributed by atoms with Crippen molar-refractivity contribution in [3.8, 4) is 0 Å². The highest BCUT2D eigenvalue weighted by atomic mass is 19.4. The fourth-order valence-electron chi connectivity index (χ4n) is 2.28. The standard InChI is InChI=1S/C12H15F3N2O/c1-11(18)5-7(6-11)17-10-8(12(13,14)15)3-2-4-9(10)16/h2-4,7,17-18H,5-6,16H2,1H3. The van der Waals surface area contributed by atoms with E-state index >= 15 is 0 Å². The lowest BCUT2D eigenvalue weighted by Crippen LogP contribution is -2.48. The smallest absolute Gasteiger partial charge is 0.397 e. The van der Waals surface area contributed by atoms with E-state index in [9.17, 15) is 18.3 Å². The molecule has 1 saturated carbocycles. The summed E-state index contributed by atoms with van der Waals surface area (Å²) in [6, 6.07) is 3.52. The first kappa shape index (κ1) is 13.0. The molecule has 4 N–H and O–H groups in total. The van der Waals surface area contributed by atoms with Crippen LogP contribution in [0.15, 0.2) is 18.2 Å². The molecule has 0 radical (unpaired) electrons. The van der Waals surface area contributed by atoms with E-state index in [4.69, 9.17) is 5.73 Å². The molecule has 6 heteroatoms. The van der Waals surface area contributed by atoms with Crippen molar-refractivity contribution in [2.45, 2.75) is 37.6 Å². The minimum atomic E-state index is -4.44. The van der Waals surface area contributed by atoms with Crippen LogP contribution in [0.25, 0.3) is 0 Å². The zero-order chi connectivity index (χ0) is 13.6. The number of nitrogens with two attached hydrogens (primary N) is 1. The van der Waals surface area contributed by atoms with Gasteiger partial charge in [0.05, 0.1) is 22.5 Å². The van der Waals surface area contributed by atoms with Crippen molar-refractivity contribution in [3.63, 3.8) is 0 Å². The number of benzene rings is 1. The molecule has 0 heterocycles. The van der Waals surface area contributed by atoms with E-state index in [-0.39, 0.29) is 17.4 Å². The summed E-state index contributed by atoms with van der Waals surface area (Å²) in [5.74, 6) is 0. The van der Waals surface area contributed by atoms with Gasteiger partial charge in [-0.15, -0.1) is 0 Å². The first-order valence-corrected chi connectivity index (χ1v) is 5.64. The Morgan fingerprint density at radius 2 is 2.00 bits per heavy atom. The number of alkyl halides is 3. The first-order valence-electron chi connectivity index (χ1n) is 5.64. The molecule has 0 spiro atoms. The molecule has 100 valence electrons. The minimum absolute atomic E-state index is 0.0661. The quantitative estimate of drug-likeness (QED) is 0.716. The van der Waals surface area contributed by atoms with E-state index in [1.807, 2.05) is 0 Å². The van der Waals surface area contributed by atoms with Gasteiger partial charge in [-0.05, 0) is 31.9 Å². The summed E-state index contributed by atoms with van der Waals surface area (Å²) in [6.07, 6.45) is -3.61. The Kier molecular flexibility index (Phi) is 2.93. The number of hydrogen-bond acceptors (Lipinski definition) is 3. The summed E-state index contributed by atoms with van der Waals surface area (Å²) in [4.78, 5) is 0. The summed E-state index contributed by atoms with van der Waals surface area (Å²) >= 11 is 0. The molecule has 1 aliphatic rings. The highest BCUT2D eigenvalue weighted by molar-refractivity contribution is 5.71. The van der Waals surface area contributed by atoms with E-state index in [0.29, 0.717) is 12.8 Å². The molecule has 1 aliphatic carbocycles. The van der Waals surface area contributed by atoms with E-state index in [1.165, 1.54) is 12.1 Å². The van der Waals surface area contributed by atoms with Gasteiger partial charge in [0, 0.05) is 6.04 Å². The number of aliphatic hydroxyl groups is 1. The second kappa shape index (κ2) is 4.05. The number of rotatable bonds is 2. The lowest BCUT2D eigenvalue weighted by atomic mass is 9.77. The Hall–Kier alpha value is -1.43. The summed E-state index contributed by atoms with van der Waals surface area (Å²) in [7, 11) is 0. The third-order valence-corrected chi connectivity index (χ3v) is 3.12. The summed E-state index contributed by atoms with van der Waals surface area (Å²) in [5.41, 5.74) is 4.00.